The molecule has 2 aromatic carbocycles. The number of benzene rings is 2. The number of nitrogens with zero attached hydrogens (tertiary/aromatic N) is 3. The molecule has 0 radical (unpaired) electrons. The normalized spacial score (nSPS) is 18.0. The maximum atomic E-state index is 12.9. The molecule has 0 atom stereocenters. The van der Waals surface area contributed by atoms with E-state index in [0.717, 1.165) is 10.7 Å². The summed E-state index contributed by atoms with van der Waals surface area (Å²) in [5.41, 5.74) is 1.78. The second-order valence-electron chi connectivity index (χ2n) is 7.22. The van der Waals surface area contributed by atoms with Crippen molar-refractivity contribution in [3.8, 4) is 5.75 Å². The van der Waals surface area contributed by atoms with Crippen LogP contribution in [-0.2, 0) is 19.7 Å². The highest BCUT2D eigenvalue weighted by atomic mass is 32.2. The summed E-state index contributed by atoms with van der Waals surface area (Å²) in [7, 11) is -4.35. The predicted molar refractivity (Wildman–Crippen MR) is 120 cm³/mol. The van der Waals surface area contributed by atoms with Gasteiger partial charge in [-0.2, -0.15) is 18.5 Å². The molecule has 2 aromatic rings. The Labute approximate surface area is 189 Å². The zero-order chi connectivity index (χ0) is 23.8. The van der Waals surface area contributed by atoms with E-state index in [-0.39, 0.29) is 17.9 Å². The first-order chi connectivity index (χ1) is 15.6. The van der Waals surface area contributed by atoms with Gasteiger partial charge in [-0.1, -0.05) is 12.1 Å². The largest absolute Gasteiger partial charge is 0.481 e. The van der Waals surface area contributed by atoms with Crippen molar-refractivity contribution >= 4 is 39.1 Å². The van der Waals surface area contributed by atoms with E-state index < -0.39 is 22.0 Å². The molecule has 0 spiro atoms. The Kier molecular flexibility index (Phi) is 5.75. The molecule has 11 heteroatoms. The van der Waals surface area contributed by atoms with E-state index in [1.807, 2.05) is 12.1 Å². The van der Waals surface area contributed by atoms with Crippen LogP contribution in [0.1, 0.15) is 13.3 Å². The van der Waals surface area contributed by atoms with Crippen LogP contribution in [0.5, 0.6) is 5.75 Å². The highest BCUT2D eigenvalue weighted by Gasteiger charge is 2.30. The van der Waals surface area contributed by atoms with Crippen molar-refractivity contribution in [3.05, 3.63) is 72.1 Å². The topological polar surface area (TPSA) is 137 Å². The van der Waals surface area contributed by atoms with Crippen LogP contribution in [0.25, 0.3) is 0 Å². The number of fused-ring (bicyclic) bond motifs is 1. The molecule has 10 nitrogen and oxygen atoms in total. The van der Waals surface area contributed by atoms with Gasteiger partial charge in [0.2, 0.25) is 5.88 Å². The Morgan fingerprint density at radius 1 is 1.12 bits per heavy atom. The third-order valence-electron chi connectivity index (χ3n) is 5.02. The second kappa shape index (κ2) is 8.52. The maximum absolute atomic E-state index is 12.9. The number of hydrazone groups is 1. The maximum Gasteiger partial charge on any atom is 0.305 e. The Morgan fingerprint density at radius 2 is 1.82 bits per heavy atom. The fourth-order valence-corrected chi connectivity index (χ4v) is 3.89. The van der Waals surface area contributed by atoms with E-state index in [1.165, 1.54) is 24.3 Å². The molecule has 33 heavy (non-hydrogen) atoms. The number of carbonyl (C=O) groups is 2. The molecule has 0 bridgehead atoms. The monoisotopic (exact) mass is 469 g/mol. The van der Waals surface area contributed by atoms with Crippen LogP contribution in [0, 0.1) is 0 Å². The average molecular weight is 469 g/mol. The number of ether oxygens (including phenoxy) is 1. The minimum Gasteiger partial charge on any atom is -0.481 e. The molecule has 2 N–H and O–H groups in total. The second-order valence-corrected chi connectivity index (χ2v) is 8.64. The third kappa shape index (κ3) is 4.49. The molecule has 0 aromatic heterocycles. The van der Waals surface area contributed by atoms with Gasteiger partial charge in [-0.3, -0.25) is 14.1 Å². The van der Waals surface area contributed by atoms with Gasteiger partial charge in [0.15, 0.2) is 5.75 Å². The van der Waals surface area contributed by atoms with Gasteiger partial charge >= 0.3 is 5.97 Å². The van der Waals surface area contributed by atoms with Crippen LogP contribution < -0.4 is 14.6 Å². The Morgan fingerprint density at radius 3 is 2.48 bits per heavy atom. The van der Waals surface area contributed by atoms with Crippen LogP contribution in [0.2, 0.25) is 0 Å². The molecule has 2 aliphatic rings. The van der Waals surface area contributed by atoms with Gasteiger partial charge in [0.25, 0.3) is 16.0 Å². The Bertz CT molecular complexity index is 1330. The lowest BCUT2D eigenvalue weighted by Crippen LogP contribution is -2.23. The van der Waals surface area contributed by atoms with Crippen molar-refractivity contribution in [2.45, 2.75) is 18.2 Å². The fraction of sp³-hybridized carbons (Fsp3) is 0.136. The highest BCUT2D eigenvalue weighted by Crippen LogP contribution is 2.38. The van der Waals surface area contributed by atoms with Crippen LogP contribution >= 0.6 is 0 Å². The van der Waals surface area contributed by atoms with E-state index in [9.17, 15) is 18.0 Å². The van der Waals surface area contributed by atoms with Gasteiger partial charge in [-0.25, -0.2) is 0 Å². The summed E-state index contributed by atoms with van der Waals surface area (Å²) in [5.74, 6) is -0.420. The summed E-state index contributed by atoms with van der Waals surface area (Å²) in [6.45, 7) is 1.84. The first-order valence-corrected chi connectivity index (χ1v) is 11.2. The SMILES string of the molecule is CC1=NN(c2ccc(S(=O)(=O)O)cc2)C(=O)/C1=C\C=C1\Oc2ccccc2N1CCC(=O)O. The van der Waals surface area contributed by atoms with Crippen molar-refractivity contribution in [2.75, 3.05) is 16.5 Å². The first-order valence-electron chi connectivity index (χ1n) is 9.81. The number of rotatable bonds is 6. The summed E-state index contributed by atoms with van der Waals surface area (Å²) in [6.07, 6.45) is 3.03. The number of anilines is 2. The smallest absolute Gasteiger partial charge is 0.305 e. The van der Waals surface area contributed by atoms with Gasteiger partial charge in [0.1, 0.15) is 0 Å². The molecule has 4 rings (SSSR count). The van der Waals surface area contributed by atoms with Crippen LogP contribution in [0.15, 0.2) is 82.1 Å². The van der Waals surface area contributed by atoms with Crippen molar-refractivity contribution in [2.24, 2.45) is 5.10 Å². The van der Waals surface area contributed by atoms with Crippen LogP contribution in [0.4, 0.5) is 11.4 Å². The summed E-state index contributed by atoms with van der Waals surface area (Å²) < 4.78 is 37.4. The Hall–Kier alpha value is -3.96. The number of allylic oxidation sites excluding steroid dienone is 2. The Balaban J connectivity index is 1.60. The highest BCUT2D eigenvalue weighted by molar-refractivity contribution is 7.85. The molecule has 1 amide bonds. The first kappa shape index (κ1) is 22.2. The summed E-state index contributed by atoms with van der Waals surface area (Å²) >= 11 is 0. The molecular weight excluding hydrogens is 450 g/mol. The lowest BCUT2D eigenvalue weighted by Gasteiger charge is -2.16. The average Bonchev–Trinajstić information content (AvgIpc) is 3.26. The molecule has 0 fully saturated rings. The summed E-state index contributed by atoms with van der Waals surface area (Å²) in [5, 5.41) is 14.4. The number of aliphatic carboxylic acids is 1. The standard InChI is InChI=1S/C22H19N3O7S/c1-14-17(22(28)25(23-14)15-6-8-16(9-7-15)33(29,30)31)10-11-20-24(13-12-21(26)27)18-4-2-3-5-19(18)32-20/h2-11H,12-13H2,1H3,(H,26,27)(H,29,30,31)/b17-10-,20-11+. The number of hydrogen-bond donors (Lipinski definition) is 2. The summed E-state index contributed by atoms with van der Waals surface area (Å²) in [4.78, 5) is 25.4. The van der Waals surface area contributed by atoms with Crippen molar-refractivity contribution in [1.29, 1.82) is 0 Å². The van der Waals surface area contributed by atoms with E-state index in [1.54, 1.807) is 36.1 Å². The van der Waals surface area contributed by atoms with Crippen LogP contribution in [0.3, 0.4) is 0 Å². The minimum atomic E-state index is -4.35. The zero-order valence-corrected chi connectivity index (χ0v) is 18.2. The molecule has 2 heterocycles. The van der Waals surface area contributed by atoms with Crippen molar-refractivity contribution < 1.29 is 32.4 Å². The van der Waals surface area contributed by atoms with Crippen LogP contribution in [-0.4, -0.2) is 42.2 Å². The van der Waals surface area contributed by atoms with E-state index in [4.69, 9.17) is 14.4 Å². The lowest BCUT2D eigenvalue weighted by molar-refractivity contribution is -0.136. The molecule has 170 valence electrons. The number of para-hydroxylation sites is 2. The minimum absolute atomic E-state index is 0.0989. The van der Waals surface area contributed by atoms with E-state index >= 15 is 0 Å². The fourth-order valence-electron chi connectivity index (χ4n) is 3.41. The zero-order valence-electron chi connectivity index (χ0n) is 17.4. The molecule has 0 unspecified atom stereocenters. The molecule has 0 saturated carbocycles. The molecule has 2 aliphatic heterocycles. The van der Waals surface area contributed by atoms with E-state index in [0.29, 0.717) is 28.6 Å². The predicted octanol–water partition coefficient (Wildman–Crippen LogP) is 2.80. The van der Waals surface area contributed by atoms with E-state index in [2.05, 4.69) is 5.10 Å². The lowest BCUT2D eigenvalue weighted by atomic mass is 10.1. The van der Waals surface area contributed by atoms with Crippen molar-refractivity contribution in [3.63, 3.8) is 0 Å². The van der Waals surface area contributed by atoms with Gasteiger partial charge in [0.05, 0.1) is 34.0 Å². The summed E-state index contributed by atoms with van der Waals surface area (Å²) in [6, 6.07) is 12.3. The van der Waals surface area contributed by atoms with Gasteiger partial charge in [0, 0.05) is 6.54 Å². The molecule has 0 saturated heterocycles. The van der Waals surface area contributed by atoms with Gasteiger partial charge in [-0.05, 0) is 55.5 Å². The molecule has 0 aliphatic carbocycles. The third-order valence-corrected chi connectivity index (χ3v) is 5.89. The van der Waals surface area contributed by atoms with Gasteiger partial charge in [-0.15, -0.1) is 0 Å². The number of carbonyl (C=O) groups excluding carboxylic acids is 1. The number of hydrogen-bond acceptors (Lipinski definition) is 7. The number of amides is 1. The quantitative estimate of drug-likeness (QED) is 0.487. The molecular formula is C22H19N3O7S. The number of carboxylic acid groups (broad SMARTS) is 1. The number of carboxylic acids is 1. The van der Waals surface area contributed by atoms with Crippen molar-refractivity contribution in [1.82, 2.24) is 0 Å². The van der Waals surface area contributed by atoms with Gasteiger partial charge < -0.3 is 14.7 Å².